The lowest BCUT2D eigenvalue weighted by Crippen LogP contribution is -2.23. The van der Waals surface area contributed by atoms with Crippen molar-refractivity contribution < 1.29 is 24.9 Å². The molecule has 0 atom stereocenters. The maximum absolute atomic E-state index is 11.8. The van der Waals surface area contributed by atoms with Crippen LogP contribution in [0.15, 0.2) is 42.5 Å². The van der Waals surface area contributed by atoms with E-state index in [0.717, 1.165) is 11.1 Å². The molecule has 0 unspecified atom stereocenters. The summed E-state index contributed by atoms with van der Waals surface area (Å²) in [4.78, 5) is 11.8. The third kappa shape index (κ3) is 5.26. The number of carbonyl (C=O) groups is 1. The van der Waals surface area contributed by atoms with Gasteiger partial charge in [0.1, 0.15) is 5.75 Å². The Morgan fingerprint density at radius 1 is 1.16 bits per heavy atom. The number of ether oxygens (including phenoxy) is 1. The van der Waals surface area contributed by atoms with Crippen molar-refractivity contribution in [2.75, 3.05) is 13.7 Å². The summed E-state index contributed by atoms with van der Waals surface area (Å²) in [6.07, 6.45) is 3.61. The van der Waals surface area contributed by atoms with Gasteiger partial charge in [0.15, 0.2) is 11.5 Å². The van der Waals surface area contributed by atoms with Crippen LogP contribution in [0.1, 0.15) is 16.7 Å². The number of amides is 1. The Morgan fingerprint density at radius 3 is 2.64 bits per heavy atom. The molecule has 0 saturated carbocycles. The number of methoxy groups -OCH3 is 1. The second-order valence-electron chi connectivity index (χ2n) is 5.43. The quantitative estimate of drug-likeness (QED) is 0.576. The molecule has 0 saturated heterocycles. The Hall–Kier alpha value is -2.99. The highest BCUT2D eigenvalue weighted by atomic mass is 16.5. The molecular weight excluding hydrogens is 322 g/mol. The number of nitrogens with one attached hydrogen (secondary N) is 1. The Morgan fingerprint density at radius 2 is 1.92 bits per heavy atom. The number of aliphatic hydroxyl groups excluding tert-OH is 1. The molecule has 0 bridgehead atoms. The van der Waals surface area contributed by atoms with E-state index in [4.69, 9.17) is 9.84 Å². The fourth-order valence-corrected chi connectivity index (χ4v) is 2.28. The molecule has 0 spiro atoms. The van der Waals surface area contributed by atoms with Gasteiger partial charge >= 0.3 is 0 Å². The minimum atomic E-state index is -0.242. The monoisotopic (exact) mass is 343 g/mol. The topological polar surface area (TPSA) is 99.0 Å². The van der Waals surface area contributed by atoms with Gasteiger partial charge in [0, 0.05) is 18.2 Å². The van der Waals surface area contributed by atoms with Gasteiger partial charge in [0.2, 0.25) is 5.91 Å². The first kappa shape index (κ1) is 18.4. The summed E-state index contributed by atoms with van der Waals surface area (Å²) in [6.45, 7) is 0.197. The molecule has 25 heavy (non-hydrogen) atoms. The van der Waals surface area contributed by atoms with Gasteiger partial charge in [-0.15, -0.1) is 0 Å². The fourth-order valence-electron chi connectivity index (χ4n) is 2.28. The van der Waals surface area contributed by atoms with Gasteiger partial charge in [-0.25, -0.2) is 0 Å². The van der Waals surface area contributed by atoms with E-state index >= 15 is 0 Å². The van der Waals surface area contributed by atoms with Crippen molar-refractivity contribution in [1.82, 2.24) is 5.32 Å². The summed E-state index contributed by atoms with van der Waals surface area (Å²) in [7, 11) is 1.46. The number of phenols is 2. The van der Waals surface area contributed by atoms with E-state index in [9.17, 15) is 15.0 Å². The number of rotatable bonds is 7. The van der Waals surface area contributed by atoms with Crippen LogP contribution in [0.25, 0.3) is 6.08 Å². The van der Waals surface area contributed by atoms with E-state index < -0.39 is 0 Å². The lowest BCUT2D eigenvalue weighted by atomic mass is 10.1. The maximum atomic E-state index is 11.8. The SMILES string of the molecule is COc1cc(/C=C\C(=O)NCCc2ccc(O)c(CO)c2)ccc1O. The molecule has 0 heterocycles. The van der Waals surface area contributed by atoms with Gasteiger partial charge in [0.25, 0.3) is 0 Å². The molecule has 2 rings (SSSR count). The summed E-state index contributed by atoms with van der Waals surface area (Å²) in [6, 6.07) is 9.79. The summed E-state index contributed by atoms with van der Waals surface area (Å²) in [5.41, 5.74) is 2.11. The van der Waals surface area contributed by atoms with Crippen LogP contribution >= 0.6 is 0 Å². The summed E-state index contributed by atoms with van der Waals surface area (Å²) < 4.78 is 5.01. The number of aromatic hydroxyl groups is 2. The van der Waals surface area contributed by atoms with Crippen LogP contribution in [0.4, 0.5) is 0 Å². The van der Waals surface area contributed by atoms with Crippen molar-refractivity contribution in [3.05, 3.63) is 59.2 Å². The molecular formula is C19H21NO5. The number of hydrogen-bond donors (Lipinski definition) is 4. The predicted molar refractivity (Wildman–Crippen MR) is 94.4 cm³/mol. The molecule has 6 heteroatoms. The number of carbonyl (C=O) groups excluding carboxylic acids is 1. The van der Waals surface area contributed by atoms with Gasteiger partial charge in [-0.3, -0.25) is 4.79 Å². The van der Waals surface area contributed by atoms with Crippen molar-refractivity contribution in [3.63, 3.8) is 0 Å². The zero-order valence-corrected chi connectivity index (χ0v) is 13.9. The molecule has 6 nitrogen and oxygen atoms in total. The van der Waals surface area contributed by atoms with Crippen molar-refractivity contribution in [2.24, 2.45) is 0 Å². The molecule has 0 radical (unpaired) electrons. The van der Waals surface area contributed by atoms with Crippen LogP contribution in [-0.2, 0) is 17.8 Å². The molecule has 2 aromatic rings. The van der Waals surface area contributed by atoms with Gasteiger partial charge in [-0.05, 0) is 47.9 Å². The maximum Gasteiger partial charge on any atom is 0.244 e. The van der Waals surface area contributed by atoms with Gasteiger partial charge in [-0.1, -0.05) is 12.1 Å². The first-order valence-electron chi connectivity index (χ1n) is 7.78. The fraction of sp³-hybridized carbons (Fsp3) is 0.211. The van der Waals surface area contributed by atoms with E-state index in [2.05, 4.69) is 5.32 Å². The standard InChI is InChI=1S/C19H21NO5/c1-25-18-11-13(3-6-17(18)23)4-7-19(24)20-9-8-14-2-5-16(22)15(10-14)12-21/h2-7,10-11,21-23H,8-9,12H2,1H3,(H,20,24)/b7-4-. The largest absolute Gasteiger partial charge is 0.508 e. The van der Waals surface area contributed by atoms with Crippen LogP contribution in [0.5, 0.6) is 17.2 Å². The highest BCUT2D eigenvalue weighted by Crippen LogP contribution is 2.26. The van der Waals surface area contributed by atoms with Gasteiger partial charge in [-0.2, -0.15) is 0 Å². The summed E-state index contributed by atoms with van der Waals surface area (Å²) >= 11 is 0. The first-order chi connectivity index (χ1) is 12.0. The average Bonchev–Trinajstić information content (AvgIpc) is 2.62. The lowest BCUT2D eigenvalue weighted by Gasteiger charge is -2.06. The third-order valence-electron chi connectivity index (χ3n) is 3.66. The summed E-state index contributed by atoms with van der Waals surface area (Å²) in [5, 5.41) is 30.9. The highest BCUT2D eigenvalue weighted by molar-refractivity contribution is 5.91. The van der Waals surface area contributed by atoms with E-state index in [1.165, 1.54) is 25.3 Å². The Labute approximate surface area is 146 Å². The predicted octanol–water partition coefficient (Wildman–Crippen LogP) is 1.97. The Bertz CT molecular complexity index is 770. The van der Waals surface area contributed by atoms with Crippen molar-refractivity contribution in [1.29, 1.82) is 0 Å². The number of benzene rings is 2. The molecule has 0 aliphatic carbocycles. The minimum Gasteiger partial charge on any atom is -0.508 e. The molecule has 0 aromatic heterocycles. The van der Waals surface area contributed by atoms with E-state index in [0.29, 0.717) is 24.3 Å². The van der Waals surface area contributed by atoms with Crippen LogP contribution in [0.3, 0.4) is 0 Å². The normalized spacial score (nSPS) is 10.8. The average molecular weight is 343 g/mol. The molecule has 4 N–H and O–H groups in total. The van der Waals surface area contributed by atoms with Crippen LogP contribution < -0.4 is 10.1 Å². The van der Waals surface area contributed by atoms with Gasteiger partial charge < -0.3 is 25.4 Å². The molecule has 1 amide bonds. The Kier molecular flexibility index (Phi) is 6.42. The zero-order chi connectivity index (χ0) is 18.2. The molecule has 2 aromatic carbocycles. The van der Waals surface area contributed by atoms with E-state index in [-0.39, 0.29) is 24.0 Å². The van der Waals surface area contributed by atoms with Crippen LogP contribution in [0.2, 0.25) is 0 Å². The summed E-state index contributed by atoms with van der Waals surface area (Å²) in [5.74, 6) is 0.200. The van der Waals surface area contributed by atoms with Crippen LogP contribution in [-0.4, -0.2) is 34.9 Å². The molecule has 132 valence electrons. The smallest absolute Gasteiger partial charge is 0.244 e. The minimum absolute atomic E-state index is 0.0419. The number of hydrogen-bond acceptors (Lipinski definition) is 5. The molecule has 0 fully saturated rings. The lowest BCUT2D eigenvalue weighted by molar-refractivity contribution is -0.116. The number of aliphatic hydroxyl groups is 1. The molecule has 0 aliphatic heterocycles. The second kappa shape index (κ2) is 8.75. The van der Waals surface area contributed by atoms with Crippen molar-refractivity contribution in [3.8, 4) is 17.2 Å². The number of phenolic OH excluding ortho intramolecular Hbond substituents is 1. The third-order valence-corrected chi connectivity index (χ3v) is 3.66. The van der Waals surface area contributed by atoms with E-state index in [1.807, 2.05) is 0 Å². The van der Waals surface area contributed by atoms with Crippen molar-refractivity contribution in [2.45, 2.75) is 13.0 Å². The zero-order valence-electron chi connectivity index (χ0n) is 13.9. The van der Waals surface area contributed by atoms with Gasteiger partial charge in [0.05, 0.1) is 13.7 Å². The Balaban J connectivity index is 1.86. The van der Waals surface area contributed by atoms with E-state index in [1.54, 1.807) is 30.3 Å². The highest BCUT2D eigenvalue weighted by Gasteiger charge is 2.03. The van der Waals surface area contributed by atoms with Crippen molar-refractivity contribution >= 4 is 12.0 Å². The second-order valence-corrected chi connectivity index (χ2v) is 5.43. The first-order valence-corrected chi connectivity index (χ1v) is 7.78. The molecule has 0 aliphatic rings. The van der Waals surface area contributed by atoms with Crippen LogP contribution in [0, 0.1) is 0 Å².